The van der Waals surface area contributed by atoms with E-state index < -0.39 is 0 Å². The predicted molar refractivity (Wildman–Crippen MR) is 186 cm³/mol. The summed E-state index contributed by atoms with van der Waals surface area (Å²) in [6.07, 6.45) is 0. The summed E-state index contributed by atoms with van der Waals surface area (Å²) < 4.78 is 1.00. The number of para-hydroxylation sites is 2. The first-order valence-electron chi connectivity index (χ1n) is 14.4. The molecule has 0 radical (unpaired) electrons. The summed E-state index contributed by atoms with van der Waals surface area (Å²) in [7, 11) is 0. The van der Waals surface area contributed by atoms with Crippen LogP contribution in [0.3, 0.4) is 0 Å². The van der Waals surface area contributed by atoms with Crippen LogP contribution in [0.4, 0.5) is 34.1 Å². The molecule has 7 rings (SSSR count). The largest absolute Gasteiger partial charge is 0.310 e. The van der Waals surface area contributed by atoms with Gasteiger partial charge in [0, 0.05) is 38.6 Å². The van der Waals surface area contributed by atoms with Gasteiger partial charge in [0.1, 0.15) is 0 Å². The lowest BCUT2D eigenvalue weighted by Crippen LogP contribution is -2.13. The zero-order valence-electron chi connectivity index (χ0n) is 23.5. The second-order valence-corrected chi connectivity index (χ2v) is 11.4. The van der Waals surface area contributed by atoms with Gasteiger partial charge in [0.2, 0.25) is 0 Å². The van der Waals surface area contributed by atoms with E-state index in [1.807, 2.05) is 0 Å². The lowest BCUT2D eigenvalue weighted by Gasteiger charge is -2.30. The highest BCUT2D eigenvalue weighted by atomic mass is 79.9. The van der Waals surface area contributed by atoms with Crippen molar-refractivity contribution in [1.29, 1.82) is 0 Å². The van der Waals surface area contributed by atoms with E-state index >= 15 is 0 Å². The summed E-state index contributed by atoms with van der Waals surface area (Å²) in [4.78, 5) is 4.63. The fourth-order valence-electron chi connectivity index (χ4n) is 5.62. The van der Waals surface area contributed by atoms with E-state index in [4.69, 9.17) is 0 Å². The highest BCUT2D eigenvalue weighted by Gasteiger charge is 2.18. The summed E-state index contributed by atoms with van der Waals surface area (Å²) in [5, 5.41) is 2.43. The zero-order valence-corrected chi connectivity index (χ0v) is 25.1. The van der Waals surface area contributed by atoms with Crippen LogP contribution in [-0.2, 0) is 0 Å². The monoisotopic (exact) mass is 616 g/mol. The Bertz CT molecular complexity index is 1970. The van der Waals surface area contributed by atoms with Crippen LogP contribution in [0.2, 0.25) is 0 Å². The lowest BCUT2D eigenvalue weighted by atomic mass is 10.0. The van der Waals surface area contributed by atoms with Crippen LogP contribution < -0.4 is 9.80 Å². The normalized spacial score (nSPS) is 10.9. The molecule has 7 aromatic rings. The molecule has 0 aromatic heterocycles. The molecule has 0 saturated carbocycles. The van der Waals surface area contributed by atoms with E-state index in [2.05, 4.69) is 202 Å². The second kappa shape index (κ2) is 12.0. The van der Waals surface area contributed by atoms with Gasteiger partial charge in [0.05, 0.1) is 0 Å². The van der Waals surface area contributed by atoms with Gasteiger partial charge in [-0.3, -0.25) is 0 Å². The third-order valence-corrected chi connectivity index (χ3v) is 8.09. The third-order valence-electron chi connectivity index (χ3n) is 7.64. The van der Waals surface area contributed by atoms with Gasteiger partial charge < -0.3 is 9.80 Å². The number of benzene rings is 7. The average molecular weight is 618 g/mol. The van der Waals surface area contributed by atoms with Crippen molar-refractivity contribution in [2.24, 2.45) is 0 Å². The Labute approximate surface area is 261 Å². The average Bonchev–Trinajstić information content (AvgIpc) is 3.06. The van der Waals surface area contributed by atoms with Crippen LogP contribution in [-0.4, -0.2) is 0 Å². The molecule has 0 atom stereocenters. The smallest absolute Gasteiger partial charge is 0.0493 e. The van der Waals surface area contributed by atoms with Gasteiger partial charge >= 0.3 is 0 Å². The number of anilines is 6. The fourth-order valence-corrected chi connectivity index (χ4v) is 6.08. The molecular weight excluding hydrogens is 588 g/mol. The molecule has 43 heavy (non-hydrogen) atoms. The molecule has 0 aliphatic rings. The topological polar surface area (TPSA) is 6.48 Å². The number of rotatable bonds is 7. The summed E-state index contributed by atoms with van der Waals surface area (Å²) in [5.74, 6) is 0. The number of halogens is 1. The summed E-state index contributed by atoms with van der Waals surface area (Å²) in [6, 6.07) is 62.2. The van der Waals surface area contributed by atoms with Gasteiger partial charge in [-0.25, -0.2) is 0 Å². The van der Waals surface area contributed by atoms with Crippen molar-refractivity contribution in [2.75, 3.05) is 9.80 Å². The second-order valence-electron chi connectivity index (χ2n) is 10.5. The van der Waals surface area contributed by atoms with Crippen molar-refractivity contribution in [3.63, 3.8) is 0 Å². The Kier molecular flexibility index (Phi) is 7.47. The van der Waals surface area contributed by atoms with E-state index in [0.29, 0.717) is 0 Å². The van der Waals surface area contributed by atoms with E-state index in [9.17, 15) is 0 Å². The molecule has 0 heterocycles. The summed E-state index contributed by atoms with van der Waals surface area (Å²) in [5.41, 5.74) is 8.91. The molecule has 0 amide bonds. The number of nitrogens with zero attached hydrogens (tertiary/aromatic N) is 2. The Morgan fingerprint density at radius 3 is 1.35 bits per heavy atom. The Balaban J connectivity index is 1.37. The van der Waals surface area contributed by atoms with Crippen LogP contribution in [0.25, 0.3) is 21.9 Å². The first kappa shape index (κ1) is 26.8. The molecule has 0 aliphatic carbocycles. The van der Waals surface area contributed by atoms with Gasteiger partial charge in [-0.2, -0.15) is 0 Å². The SMILES string of the molecule is Brc1cc(N(c2ccccc2)c2ccc(-c3ccccc3)cc2)cc(N(c2ccccc2)c2ccc3ccccc3c2)c1. The third kappa shape index (κ3) is 5.68. The van der Waals surface area contributed by atoms with E-state index in [0.717, 1.165) is 38.6 Å². The molecule has 0 N–H and O–H groups in total. The van der Waals surface area contributed by atoms with E-state index in [-0.39, 0.29) is 0 Å². The quantitative estimate of drug-likeness (QED) is 0.176. The minimum Gasteiger partial charge on any atom is -0.310 e. The first-order chi connectivity index (χ1) is 21.2. The van der Waals surface area contributed by atoms with Crippen molar-refractivity contribution >= 4 is 60.8 Å². The standard InChI is InChI=1S/C40H29BrN2/c41-34-27-39(42(35-16-6-2-7-17-35)37-23-20-32(21-24-37)30-12-4-1-5-13-30)29-40(28-34)43(36-18-8-3-9-19-36)38-25-22-31-14-10-11-15-33(31)26-38/h1-29H. The number of hydrogen-bond donors (Lipinski definition) is 0. The fraction of sp³-hybridized carbons (Fsp3) is 0. The van der Waals surface area contributed by atoms with Crippen molar-refractivity contribution in [1.82, 2.24) is 0 Å². The van der Waals surface area contributed by atoms with Crippen LogP contribution in [0.1, 0.15) is 0 Å². The van der Waals surface area contributed by atoms with Gasteiger partial charge in [-0.1, -0.05) is 125 Å². The first-order valence-corrected chi connectivity index (χ1v) is 15.2. The minimum atomic E-state index is 1.00. The maximum atomic E-state index is 3.87. The molecule has 0 fully saturated rings. The molecule has 0 bridgehead atoms. The molecule has 3 heteroatoms. The van der Waals surface area contributed by atoms with E-state index in [1.165, 1.54) is 21.9 Å². The zero-order chi connectivity index (χ0) is 29.0. The minimum absolute atomic E-state index is 1.00. The Morgan fingerprint density at radius 2 is 0.744 bits per heavy atom. The van der Waals surface area contributed by atoms with Gasteiger partial charge in [0.15, 0.2) is 0 Å². The summed E-state index contributed by atoms with van der Waals surface area (Å²) in [6.45, 7) is 0. The lowest BCUT2D eigenvalue weighted by molar-refractivity contribution is 1.25. The summed E-state index contributed by atoms with van der Waals surface area (Å²) >= 11 is 3.87. The molecule has 7 aromatic carbocycles. The highest BCUT2D eigenvalue weighted by Crippen LogP contribution is 2.43. The highest BCUT2D eigenvalue weighted by molar-refractivity contribution is 9.10. The van der Waals surface area contributed by atoms with E-state index in [1.54, 1.807) is 0 Å². The molecule has 2 nitrogen and oxygen atoms in total. The maximum absolute atomic E-state index is 3.87. The van der Waals surface area contributed by atoms with Crippen LogP contribution in [0.15, 0.2) is 180 Å². The Morgan fingerprint density at radius 1 is 0.302 bits per heavy atom. The molecular formula is C40H29BrN2. The molecule has 0 spiro atoms. The van der Waals surface area contributed by atoms with Gasteiger partial charge in [-0.05, 0) is 88.6 Å². The molecule has 0 aliphatic heterocycles. The van der Waals surface area contributed by atoms with Gasteiger partial charge in [-0.15, -0.1) is 0 Å². The molecule has 0 saturated heterocycles. The number of hydrogen-bond acceptors (Lipinski definition) is 2. The number of fused-ring (bicyclic) bond motifs is 1. The molecule has 0 unspecified atom stereocenters. The predicted octanol–water partition coefficient (Wildman–Crippen LogP) is 12.2. The molecule has 206 valence electrons. The maximum Gasteiger partial charge on any atom is 0.0493 e. The van der Waals surface area contributed by atoms with Gasteiger partial charge in [0.25, 0.3) is 0 Å². The van der Waals surface area contributed by atoms with Crippen molar-refractivity contribution in [3.05, 3.63) is 180 Å². The van der Waals surface area contributed by atoms with Crippen LogP contribution >= 0.6 is 15.9 Å². The van der Waals surface area contributed by atoms with Crippen LogP contribution in [0.5, 0.6) is 0 Å². The van der Waals surface area contributed by atoms with Crippen molar-refractivity contribution in [3.8, 4) is 11.1 Å². The van der Waals surface area contributed by atoms with Crippen molar-refractivity contribution in [2.45, 2.75) is 0 Å². The van der Waals surface area contributed by atoms with Crippen LogP contribution in [0, 0.1) is 0 Å². The van der Waals surface area contributed by atoms with Crippen molar-refractivity contribution < 1.29 is 0 Å². The Hall–Kier alpha value is -5.12.